The number of aliphatic hydroxyl groups excluding tert-OH is 1. The summed E-state index contributed by atoms with van der Waals surface area (Å²) in [4.78, 5) is 12.1. The second-order valence-electron chi connectivity index (χ2n) is 4.97. The first-order valence-electron chi connectivity index (χ1n) is 6.91. The van der Waals surface area contributed by atoms with E-state index < -0.39 is 18.0 Å². The first kappa shape index (κ1) is 14.4. The average molecular weight is 300 g/mol. The van der Waals surface area contributed by atoms with E-state index in [1.54, 1.807) is 30.3 Å². The van der Waals surface area contributed by atoms with Crippen LogP contribution in [0.4, 0.5) is 0 Å². The molecule has 0 saturated heterocycles. The van der Waals surface area contributed by atoms with Gasteiger partial charge < -0.3 is 19.3 Å². The molecule has 3 rings (SSSR count). The van der Waals surface area contributed by atoms with Crippen molar-refractivity contribution in [2.75, 3.05) is 13.9 Å². The molecule has 5 heteroatoms. The van der Waals surface area contributed by atoms with Gasteiger partial charge in [-0.1, -0.05) is 36.4 Å². The predicted octanol–water partition coefficient (Wildman–Crippen LogP) is 2.41. The van der Waals surface area contributed by atoms with Crippen molar-refractivity contribution in [3.8, 4) is 11.5 Å². The molecule has 0 aliphatic carbocycles. The van der Waals surface area contributed by atoms with E-state index in [0.717, 1.165) is 0 Å². The third-order valence-corrected chi connectivity index (χ3v) is 3.67. The van der Waals surface area contributed by atoms with Gasteiger partial charge in [-0.15, -0.1) is 0 Å². The highest BCUT2D eigenvalue weighted by molar-refractivity contribution is 5.79. The van der Waals surface area contributed by atoms with Crippen molar-refractivity contribution < 1.29 is 24.1 Å². The van der Waals surface area contributed by atoms with Gasteiger partial charge in [-0.2, -0.15) is 0 Å². The van der Waals surface area contributed by atoms with Crippen LogP contribution in [0.5, 0.6) is 11.5 Å². The molecule has 1 N–H and O–H groups in total. The summed E-state index contributed by atoms with van der Waals surface area (Å²) in [6, 6.07) is 14.2. The average Bonchev–Trinajstić information content (AvgIpc) is 3.03. The predicted molar refractivity (Wildman–Crippen MR) is 78.7 cm³/mol. The van der Waals surface area contributed by atoms with E-state index in [2.05, 4.69) is 0 Å². The second-order valence-corrected chi connectivity index (χ2v) is 4.97. The fourth-order valence-electron chi connectivity index (χ4n) is 2.52. The zero-order valence-corrected chi connectivity index (χ0v) is 12.1. The smallest absolute Gasteiger partial charge is 0.316 e. The van der Waals surface area contributed by atoms with Crippen molar-refractivity contribution >= 4 is 5.97 Å². The number of carbonyl (C=O) groups excluding carboxylic acids is 1. The maximum absolute atomic E-state index is 12.1. The summed E-state index contributed by atoms with van der Waals surface area (Å²) in [6.45, 7) is 0.161. The molecular formula is C17H16O5. The molecule has 2 atom stereocenters. The molecule has 0 amide bonds. The van der Waals surface area contributed by atoms with Crippen LogP contribution in [-0.2, 0) is 9.53 Å². The minimum Gasteiger partial charge on any atom is -0.468 e. The van der Waals surface area contributed by atoms with Gasteiger partial charge in [0.1, 0.15) is 5.92 Å². The normalized spacial score (nSPS) is 15.2. The first-order valence-corrected chi connectivity index (χ1v) is 6.91. The maximum atomic E-state index is 12.1. The Morgan fingerprint density at radius 2 is 1.82 bits per heavy atom. The summed E-state index contributed by atoms with van der Waals surface area (Å²) in [6.07, 6.45) is -1.04. The quantitative estimate of drug-likeness (QED) is 0.878. The number of aliphatic hydroxyl groups is 1. The van der Waals surface area contributed by atoms with Crippen molar-refractivity contribution in [3.63, 3.8) is 0 Å². The monoisotopic (exact) mass is 300 g/mol. The lowest BCUT2D eigenvalue weighted by Crippen LogP contribution is -2.21. The molecule has 1 aliphatic heterocycles. The molecule has 1 aliphatic rings. The molecule has 0 spiro atoms. The number of hydrogen-bond acceptors (Lipinski definition) is 5. The third kappa shape index (κ3) is 2.63. The van der Waals surface area contributed by atoms with Gasteiger partial charge in [-0.25, -0.2) is 0 Å². The van der Waals surface area contributed by atoms with Crippen molar-refractivity contribution in [3.05, 3.63) is 59.7 Å². The Balaban J connectivity index is 1.95. The summed E-state index contributed by atoms with van der Waals surface area (Å²) < 4.78 is 15.4. The number of rotatable bonds is 4. The summed E-state index contributed by atoms with van der Waals surface area (Å²) in [5, 5.41) is 10.7. The van der Waals surface area contributed by atoms with E-state index in [1.807, 2.05) is 18.2 Å². The molecule has 0 radical (unpaired) electrons. The molecular weight excluding hydrogens is 284 g/mol. The SMILES string of the molecule is COC(=O)C(c1ccccc1)C(O)c1ccc2c(c1)OCO2. The number of esters is 1. The highest BCUT2D eigenvalue weighted by atomic mass is 16.7. The number of carbonyl (C=O) groups is 1. The Morgan fingerprint density at radius 3 is 2.55 bits per heavy atom. The Kier molecular flexibility index (Phi) is 3.98. The summed E-state index contributed by atoms with van der Waals surface area (Å²) >= 11 is 0. The summed E-state index contributed by atoms with van der Waals surface area (Å²) in [7, 11) is 1.31. The van der Waals surface area contributed by atoms with Gasteiger partial charge in [0, 0.05) is 0 Å². The maximum Gasteiger partial charge on any atom is 0.316 e. The third-order valence-electron chi connectivity index (χ3n) is 3.67. The van der Waals surface area contributed by atoms with Gasteiger partial charge in [0.25, 0.3) is 0 Å². The van der Waals surface area contributed by atoms with Crippen LogP contribution in [0.25, 0.3) is 0 Å². The van der Waals surface area contributed by atoms with Crippen LogP contribution in [0, 0.1) is 0 Å². The van der Waals surface area contributed by atoms with E-state index in [0.29, 0.717) is 22.6 Å². The van der Waals surface area contributed by atoms with E-state index in [1.165, 1.54) is 7.11 Å². The van der Waals surface area contributed by atoms with E-state index in [9.17, 15) is 9.90 Å². The summed E-state index contributed by atoms with van der Waals surface area (Å²) in [5.74, 6) is -0.0959. The van der Waals surface area contributed by atoms with Gasteiger partial charge in [0.2, 0.25) is 6.79 Å². The Labute approximate surface area is 128 Å². The number of fused-ring (bicyclic) bond motifs is 1. The minimum absolute atomic E-state index is 0.161. The largest absolute Gasteiger partial charge is 0.468 e. The Hall–Kier alpha value is -2.53. The second kappa shape index (κ2) is 6.07. The standard InChI is InChI=1S/C17H16O5/c1-20-17(19)15(11-5-3-2-4-6-11)16(18)12-7-8-13-14(9-12)22-10-21-13/h2-9,15-16,18H,10H2,1H3. The van der Waals surface area contributed by atoms with Gasteiger partial charge in [0.15, 0.2) is 11.5 Å². The lowest BCUT2D eigenvalue weighted by Gasteiger charge is -2.21. The number of hydrogen-bond donors (Lipinski definition) is 1. The van der Waals surface area contributed by atoms with Crippen LogP contribution in [0.1, 0.15) is 23.1 Å². The lowest BCUT2D eigenvalue weighted by molar-refractivity contribution is -0.145. The summed E-state index contributed by atoms with van der Waals surface area (Å²) in [5.41, 5.74) is 1.27. The molecule has 114 valence electrons. The first-order chi connectivity index (χ1) is 10.7. The molecule has 2 aromatic rings. The molecule has 0 fully saturated rings. The van der Waals surface area contributed by atoms with Crippen LogP contribution in [0.3, 0.4) is 0 Å². The highest BCUT2D eigenvalue weighted by Gasteiger charge is 2.31. The molecule has 1 heterocycles. The Bertz CT molecular complexity index is 668. The number of ether oxygens (including phenoxy) is 3. The van der Waals surface area contributed by atoms with Crippen LogP contribution in [0.2, 0.25) is 0 Å². The van der Waals surface area contributed by atoms with Crippen molar-refractivity contribution in [1.29, 1.82) is 0 Å². The molecule has 0 saturated carbocycles. The Morgan fingerprint density at radius 1 is 1.09 bits per heavy atom. The zero-order valence-electron chi connectivity index (χ0n) is 12.1. The van der Waals surface area contributed by atoms with Gasteiger partial charge in [0.05, 0.1) is 13.2 Å². The minimum atomic E-state index is -1.04. The van der Waals surface area contributed by atoms with Gasteiger partial charge in [-0.05, 0) is 23.3 Å². The van der Waals surface area contributed by atoms with E-state index >= 15 is 0 Å². The fourth-order valence-corrected chi connectivity index (χ4v) is 2.52. The van der Waals surface area contributed by atoms with E-state index in [-0.39, 0.29) is 6.79 Å². The number of benzene rings is 2. The number of methoxy groups -OCH3 is 1. The van der Waals surface area contributed by atoms with Crippen LogP contribution >= 0.6 is 0 Å². The van der Waals surface area contributed by atoms with Crippen LogP contribution < -0.4 is 9.47 Å². The van der Waals surface area contributed by atoms with Crippen molar-refractivity contribution in [1.82, 2.24) is 0 Å². The van der Waals surface area contributed by atoms with Gasteiger partial charge in [-0.3, -0.25) is 4.79 Å². The zero-order chi connectivity index (χ0) is 15.5. The van der Waals surface area contributed by atoms with Crippen LogP contribution in [-0.4, -0.2) is 25.0 Å². The molecule has 2 unspecified atom stereocenters. The fraction of sp³-hybridized carbons (Fsp3) is 0.235. The van der Waals surface area contributed by atoms with Crippen molar-refractivity contribution in [2.45, 2.75) is 12.0 Å². The van der Waals surface area contributed by atoms with Crippen LogP contribution in [0.15, 0.2) is 48.5 Å². The molecule has 0 bridgehead atoms. The van der Waals surface area contributed by atoms with E-state index in [4.69, 9.17) is 14.2 Å². The lowest BCUT2D eigenvalue weighted by atomic mass is 9.89. The molecule has 2 aromatic carbocycles. The highest BCUT2D eigenvalue weighted by Crippen LogP contribution is 2.38. The van der Waals surface area contributed by atoms with Crippen molar-refractivity contribution in [2.24, 2.45) is 0 Å². The molecule has 22 heavy (non-hydrogen) atoms. The molecule has 5 nitrogen and oxygen atoms in total. The van der Waals surface area contributed by atoms with Gasteiger partial charge >= 0.3 is 5.97 Å². The topological polar surface area (TPSA) is 65.0 Å². The molecule has 0 aromatic heterocycles.